The summed E-state index contributed by atoms with van der Waals surface area (Å²) >= 11 is 0. The fourth-order valence-corrected chi connectivity index (χ4v) is 1.48. The predicted octanol–water partition coefficient (Wildman–Crippen LogP) is 0.777. The van der Waals surface area contributed by atoms with Crippen molar-refractivity contribution in [1.29, 1.82) is 0 Å². The molecule has 1 aromatic heterocycles. The van der Waals surface area contributed by atoms with Crippen LogP contribution in [0, 0.1) is 0 Å². The first-order valence-corrected chi connectivity index (χ1v) is 5.74. The molecule has 0 aliphatic rings. The van der Waals surface area contributed by atoms with E-state index >= 15 is 0 Å². The van der Waals surface area contributed by atoms with Gasteiger partial charge in [-0.25, -0.2) is 4.79 Å². The maximum absolute atomic E-state index is 11.5. The fraction of sp³-hybridized carbons (Fsp3) is 0.250. The van der Waals surface area contributed by atoms with Crippen molar-refractivity contribution in [1.82, 2.24) is 25.6 Å². The van der Waals surface area contributed by atoms with Crippen molar-refractivity contribution < 1.29 is 4.79 Å². The van der Waals surface area contributed by atoms with Crippen LogP contribution in [0.4, 0.5) is 4.79 Å². The Morgan fingerprint density at radius 1 is 1.22 bits per heavy atom. The Kier molecular flexibility index (Phi) is 4.29. The molecule has 2 rings (SSSR count). The number of hydrogen-bond donors (Lipinski definition) is 2. The van der Waals surface area contributed by atoms with Crippen LogP contribution in [0.15, 0.2) is 42.7 Å². The van der Waals surface area contributed by atoms with Crippen molar-refractivity contribution in [3.05, 3.63) is 48.3 Å². The van der Waals surface area contributed by atoms with Gasteiger partial charge >= 0.3 is 6.03 Å². The first kappa shape index (κ1) is 12.1. The molecule has 18 heavy (non-hydrogen) atoms. The van der Waals surface area contributed by atoms with Crippen LogP contribution < -0.4 is 10.6 Å². The molecule has 6 nitrogen and oxygen atoms in total. The maximum atomic E-state index is 11.5. The summed E-state index contributed by atoms with van der Waals surface area (Å²) in [5.74, 6) is 0. The summed E-state index contributed by atoms with van der Waals surface area (Å²) in [6, 6.07) is 9.59. The molecule has 0 radical (unpaired) electrons. The predicted molar refractivity (Wildman–Crippen MR) is 66.7 cm³/mol. The van der Waals surface area contributed by atoms with Crippen LogP contribution in [-0.2, 0) is 13.1 Å². The summed E-state index contributed by atoms with van der Waals surface area (Å²) in [7, 11) is 0. The third-order valence-electron chi connectivity index (χ3n) is 2.39. The first-order chi connectivity index (χ1) is 8.84. The monoisotopic (exact) mass is 245 g/mol. The van der Waals surface area contributed by atoms with Gasteiger partial charge in [0.05, 0.1) is 12.7 Å². The molecular formula is C12H15N5O. The highest BCUT2D eigenvalue weighted by Crippen LogP contribution is 1.96. The van der Waals surface area contributed by atoms with E-state index in [1.807, 2.05) is 30.3 Å². The lowest BCUT2D eigenvalue weighted by Crippen LogP contribution is -2.36. The van der Waals surface area contributed by atoms with Crippen molar-refractivity contribution in [3.8, 4) is 0 Å². The van der Waals surface area contributed by atoms with E-state index in [1.165, 1.54) is 0 Å². The van der Waals surface area contributed by atoms with E-state index < -0.39 is 0 Å². The van der Waals surface area contributed by atoms with E-state index in [2.05, 4.69) is 20.9 Å². The number of benzene rings is 1. The van der Waals surface area contributed by atoms with E-state index in [1.54, 1.807) is 17.1 Å². The molecule has 0 unspecified atom stereocenters. The average molecular weight is 245 g/mol. The fourth-order valence-electron chi connectivity index (χ4n) is 1.48. The minimum Gasteiger partial charge on any atom is -0.336 e. The number of carbonyl (C=O) groups is 1. The molecule has 0 atom stereocenters. The van der Waals surface area contributed by atoms with Gasteiger partial charge in [0, 0.05) is 19.3 Å². The molecule has 94 valence electrons. The number of carbonyl (C=O) groups excluding carboxylic acids is 1. The van der Waals surface area contributed by atoms with E-state index in [4.69, 9.17) is 0 Å². The van der Waals surface area contributed by atoms with Gasteiger partial charge in [-0.1, -0.05) is 35.5 Å². The second kappa shape index (κ2) is 6.39. The highest BCUT2D eigenvalue weighted by atomic mass is 16.2. The van der Waals surface area contributed by atoms with Gasteiger partial charge in [-0.05, 0) is 5.56 Å². The molecule has 0 spiro atoms. The number of amides is 2. The lowest BCUT2D eigenvalue weighted by atomic mass is 10.2. The zero-order chi connectivity index (χ0) is 12.6. The van der Waals surface area contributed by atoms with Gasteiger partial charge in [0.1, 0.15) is 0 Å². The summed E-state index contributed by atoms with van der Waals surface area (Å²) in [6.07, 6.45) is 3.36. The maximum Gasteiger partial charge on any atom is 0.315 e. The molecule has 0 aliphatic heterocycles. The standard InChI is InChI=1S/C12H15N5O/c18-12(13-6-8-17-9-7-15-16-17)14-10-11-4-2-1-3-5-11/h1-5,7,9H,6,8,10H2,(H2,13,14,18). The third kappa shape index (κ3) is 3.89. The summed E-state index contributed by atoms with van der Waals surface area (Å²) in [6.45, 7) is 1.65. The van der Waals surface area contributed by atoms with Crippen molar-refractivity contribution in [2.45, 2.75) is 13.1 Å². The minimum absolute atomic E-state index is 0.182. The van der Waals surface area contributed by atoms with Gasteiger partial charge < -0.3 is 10.6 Å². The third-order valence-corrected chi connectivity index (χ3v) is 2.39. The summed E-state index contributed by atoms with van der Waals surface area (Å²) in [4.78, 5) is 11.5. The summed E-state index contributed by atoms with van der Waals surface area (Å²) in [5.41, 5.74) is 1.07. The Morgan fingerprint density at radius 3 is 2.78 bits per heavy atom. The van der Waals surface area contributed by atoms with Crippen LogP contribution in [0.2, 0.25) is 0 Å². The Labute approximate surface area is 105 Å². The molecule has 0 saturated heterocycles. The number of nitrogens with zero attached hydrogens (tertiary/aromatic N) is 3. The molecule has 0 bridgehead atoms. The van der Waals surface area contributed by atoms with Gasteiger partial charge in [0.2, 0.25) is 0 Å². The van der Waals surface area contributed by atoms with Gasteiger partial charge in [0.25, 0.3) is 0 Å². The number of rotatable bonds is 5. The summed E-state index contributed by atoms with van der Waals surface area (Å²) < 4.78 is 1.66. The average Bonchev–Trinajstić information content (AvgIpc) is 2.91. The van der Waals surface area contributed by atoms with Gasteiger partial charge in [-0.3, -0.25) is 4.68 Å². The lowest BCUT2D eigenvalue weighted by molar-refractivity contribution is 0.240. The smallest absolute Gasteiger partial charge is 0.315 e. The highest BCUT2D eigenvalue weighted by Gasteiger charge is 1.99. The van der Waals surface area contributed by atoms with Crippen molar-refractivity contribution in [2.75, 3.05) is 6.54 Å². The Balaban J connectivity index is 1.63. The van der Waals surface area contributed by atoms with Gasteiger partial charge in [-0.2, -0.15) is 0 Å². The molecule has 2 N–H and O–H groups in total. The quantitative estimate of drug-likeness (QED) is 0.817. The van der Waals surface area contributed by atoms with Crippen molar-refractivity contribution in [2.24, 2.45) is 0 Å². The molecule has 0 aliphatic carbocycles. The van der Waals surface area contributed by atoms with E-state index in [-0.39, 0.29) is 6.03 Å². The van der Waals surface area contributed by atoms with Crippen LogP contribution in [-0.4, -0.2) is 27.6 Å². The molecule has 0 fully saturated rings. The Bertz CT molecular complexity index is 468. The Morgan fingerprint density at radius 2 is 2.06 bits per heavy atom. The normalized spacial score (nSPS) is 10.0. The van der Waals surface area contributed by atoms with Crippen LogP contribution >= 0.6 is 0 Å². The van der Waals surface area contributed by atoms with Crippen LogP contribution in [0.5, 0.6) is 0 Å². The molecule has 2 aromatic rings. The number of aromatic nitrogens is 3. The molecule has 6 heteroatoms. The van der Waals surface area contributed by atoms with Gasteiger partial charge in [0.15, 0.2) is 0 Å². The zero-order valence-electron chi connectivity index (χ0n) is 9.91. The van der Waals surface area contributed by atoms with Crippen molar-refractivity contribution in [3.63, 3.8) is 0 Å². The largest absolute Gasteiger partial charge is 0.336 e. The van der Waals surface area contributed by atoms with E-state index in [9.17, 15) is 4.79 Å². The molecule has 1 aromatic carbocycles. The molecule has 2 amide bonds. The van der Waals surface area contributed by atoms with Crippen LogP contribution in [0.3, 0.4) is 0 Å². The lowest BCUT2D eigenvalue weighted by Gasteiger charge is -2.07. The highest BCUT2D eigenvalue weighted by molar-refractivity contribution is 5.73. The number of urea groups is 1. The second-order valence-corrected chi connectivity index (χ2v) is 3.76. The topological polar surface area (TPSA) is 71.8 Å². The van der Waals surface area contributed by atoms with Crippen molar-refractivity contribution >= 4 is 6.03 Å². The molecule has 1 heterocycles. The molecule has 0 saturated carbocycles. The van der Waals surface area contributed by atoms with Crippen LogP contribution in [0.1, 0.15) is 5.56 Å². The molecular weight excluding hydrogens is 230 g/mol. The van der Waals surface area contributed by atoms with Crippen LogP contribution in [0.25, 0.3) is 0 Å². The van der Waals surface area contributed by atoms with Gasteiger partial charge in [-0.15, -0.1) is 5.10 Å². The number of nitrogens with one attached hydrogen (secondary N) is 2. The Hall–Kier alpha value is -2.37. The van der Waals surface area contributed by atoms with E-state index in [0.717, 1.165) is 5.56 Å². The second-order valence-electron chi connectivity index (χ2n) is 3.76. The van der Waals surface area contributed by atoms with E-state index in [0.29, 0.717) is 19.6 Å². The first-order valence-electron chi connectivity index (χ1n) is 5.74. The summed E-state index contributed by atoms with van der Waals surface area (Å²) in [5, 5.41) is 13.0. The minimum atomic E-state index is -0.182. The zero-order valence-corrected chi connectivity index (χ0v) is 9.91. The number of hydrogen-bond acceptors (Lipinski definition) is 3. The SMILES string of the molecule is O=C(NCCn1ccnn1)NCc1ccccc1.